The summed E-state index contributed by atoms with van der Waals surface area (Å²) in [6.07, 6.45) is 1.90. The average molecular weight is 567 g/mol. The van der Waals surface area contributed by atoms with Crippen molar-refractivity contribution in [3.05, 3.63) is 92.3 Å². The number of nitrogens with zero attached hydrogens (tertiary/aromatic N) is 2. The third-order valence-electron chi connectivity index (χ3n) is 7.55. The topological polar surface area (TPSA) is 74.0 Å². The van der Waals surface area contributed by atoms with E-state index in [4.69, 9.17) is 46.8 Å². The Bertz CT molecular complexity index is 1530. The van der Waals surface area contributed by atoms with Gasteiger partial charge in [-0.25, -0.2) is 4.98 Å². The molecule has 1 unspecified atom stereocenters. The van der Waals surface area contributed by atoms with Gasteiger partial charge in [0.15, 0.2) is 0 Å². The highest BCUT2D eigenvalue weighted by Gasteiger charge is 2.36. The summed E-state index contributed by atoms with van der Waals surface area (Å²) >= 11 is 13.6. The second-order valence-electron chi connectivity index (χ2n) is 9.96. The van der Waals surface area contributed by atoms with Crippen molar-refractivity contribution in [3.63, 3.8) is 0 Å². The summed E-state index contributed by atoms with van der Waals surface area (Å²) in [5, 5.41) is 1.79. The number of benzene rings is 2. The van der Waals surface area contributed by atoms with Crippen LogP contribution in [0.4, 0.5) is 0 Å². The van der Waals surface area contributed by atoms with Gasteiger partial charge in [0.05, 0.1) is 54.0 Å². The normalized spacial score (nSPS) is 16.3. The van der Waals surface area contributed by atoms with Crippen LogP contribution < -0.4 is 4.74 Å². The molecule has 1 saturated heterocycles. The molecule has 2 aromatic carbocycles. The molecule has 2 aliphatic rings. The summed E-state index contributed by atoms with van der Waals surface area (Å²) in [7, 11) is 1.64. The Kier molecular flexibility index (Phi) is 7.25. The van der Waals surface area contributed by atoms with Crippen molar-refractivity contribution < 1.29 is 23.4 Å². The molecule has 39 heavy (non-hydrogen) atoms. The minimum absolute atomic E-state index is 0.159. The number of hydrogen-bond acceptors (Lipinski definition) is 6. The molecule has 7 nitrogen and oxygen atoms in total. The van der Waals surface area contributed by atoms with Gasteiger partial charge in [0.25, 0.3) is 5.91 Å². The number of carbonyl (C=O) groups is 1. The molecule has 1 atom stereocenters. The fraction of sp³-hybridized carbons (Fsp3) is 0.333. The van der Waals surface area contributed by atoms with Gasteiger partial charge in [-0.3, -0.25) is 4.79 Å². The Labute approximate surface area is 236 Å². The van der Waals surface area contributed by atoms with Crippen molar-refractivity contribution in [1.29, 1.82) is 0 Å². The average Bonchev–Trinajstić information content (AvgIpc) is 3.41. The Hall–Kier alpha value is -3.10. The van der Waals surface area contributed by atoms with E-state index in [9.17, 15) is 4.79 Å². The van der Waals surface area contributed by atoms with Crippen LogP contribution >= 0.6 is 23.2 Å². The number of carbonyl (C=O) groups excluding carboxylic acids is 1. The van der Waals surface area contributed by atoms with Gasteiger partial charge >= 0.3 is 0 Å². The predicted octanol–water partition coefficient (Wildman–Crippen LogP) is 6.55. The van der Waals surface area contributed by atoms with Crippen LogP contribution in [0.2, 0.25) is 10.0 Å². The number of aromatic nitrogens is 1. The Balaban J connectivity index is 1.35. The van der Waals surface area contributed by atoms with Crippen LogP contribution in [0.3, 0.4) is 0 Å². The molecule has 4 heterocycles. The number of aryl methyl sites for hydroxylation is 1. The summed E-state index contributed by atoms with van der Waals surface area (Å²) in [4.78, 5) is 20.5. The third-order valence-corrected chi connectivity index (χ3v) is 8.30. The molecule has 0 aliphatic carbocycles. The molecule has 2 aromatic heterocycles. The highest BCUT2D eigenvalue weighted by molar-refractivity contribution is 6.37. The van der Waals surface area contributed by atoms with E-state index in [-0.39, 0.29) is 24.5 Å². The number of halogens is 2. The fourth-order valence-electron chi connectivity index (χ4n) is 5.40. The fourth-order valence-corrected chi connectivity index (χ4v) is 6.06. The van der Waals surface area contributed by atoms with Crippen molar-refractivity contribution in [2.24, 2.45) is 5.92 Å². The quantitative estimate of drug-likeness (QED) is 0.240. The van der Waals surface area contributed by atoms with Crippen LogP contribution in [0, 0.1) is 12.8 Å². The maximum Gasteiger partial charge on any atom is 0.256 e. The van der Waals surface area contributed by atoms with Crippen molar-refractivity contribution in [3.8, 4) is 5.88 Å². The monoisotopic (exact) mass is 566 g/mol. The molecule has 0 bridgehead atoms. The standard InChI is InChI=1S/C30H28Cl2N2O5/c1-17-20-9-11-38-28(20)23(29(33-17)39-14-18-6-4-3-5-7-18)13-34-10-8-21-24(31)12-22(26(32)25(21)30(34)35)27(36-2)19-15-37-16-19/h3-7,9,11-12,19,27H,8,10,13-16H2,1-2H3. The van der Waals surface area contributed by atoms with Gasteiger partial charge < -0.3 is 23.5 Å². The van der Waals surface area contributed by atoms with Gasteiger partial charge in [0, 0.05) is 35.5 Å². The maximum absolute atomic E-state index is 14.0. The molecule has 0 saturated carbocycles. The number of fused-ring (bicyclic) bond motifs is 2. The minimum Gasteiger partial charge on any atom is -0.472 e. The van der Waals surface area contributed by atoms with Gasteiger partial charge in [0.1, 0.15) is 12.2 Å². The van der Waals surface area contributed by atoms with Gasteiger partial charge in [-0.1, -0.05) is 53.5 Å². The molecular formula is C30H28Cl2N2O5. The molecule has 0 radical (unpaired) electrons. The van der Waals surface area contributed by atoms with E-state index in [1.165, 1.54) is 0 Å². The van der Waals surface area contributed by atoms with E-state index in [1.54, 1.807) is 18.3 Å². The Morgan fingerprint density at radius 1 is 1.18 bits per heavy atom. The second kappa shape index (κ2) is 10.8. The van der Waals surface area contributed by atoms with E-state index in [0.29, 0.717) is 71.0 Å². The zero-order valence-corrected chi connectivity index (χ0v) is 23.2. The van der Waals surface area contributed by atoms with E-state index >= 15 is 0 Å². The van der Waals surface area contributed by atoms with E-state index in [2.05, 4.69) is 0 Å². The first-order valence-electron chi connectivity index (χ1n) is 12.9. The Morgan fingerprint density at radius 3 is 2.69 bits per heavy atom. The van der Waals surface area contributed by atoms with Crippen molar-refractivity contribution >= 4 is 40.1 Å². The van der Waals surface area contributed by atoms with Crippen LogP contribution in [-0.2, 0) is 29.0 Å². The summed E-state index contributed by atoms with van der Waals surface area (Å²) in [5.74, 6) is 0.408. The summed E-state index contributed by atoms with van der Waals surface area (Å²) < 4.78 is 23.2. The first-order chi connectivity index (χ1) is 19.0. The summed E-state index contributed by atoms with van der Waals surface area (Å²) in [5.41, 5.74) is 5.09. The lowest BCUT2D eigenvalue weighted by Crippen LogP contribution is -2.38. The number of furan rings is 1. The van der Waals surface area contributed by atoms with Gasteiger partial charge in [-0.05, 0) is 36.6 Å². The van der Waals surface area contributed by atoms with Crippen LogP contribution in [0.5, 0.6) is 5.88 Å². The first kappa shape index (κ1) is 26.1. The van der Waals surface area contributed by atoms with E-state index in [0.717, 1.165) is 22.2 Å². The highest BCUT2D eigenvalue weighted by Crippen LogP contribution is 2.42. The van der Waals surface area contributed by atoms with Gasteiger partial charge in [-0.2, -0.15) is 0 Å². The zero-order valence-electron chi connectivity index (χ0n) is 21.7. The molecular weight excluding hydrogens is 539 g/mol. The number of ether oxygens (including phenoxy) is 3. The molecule has 0 spiro atoms. The number of pyridine rings is 1. The van der Waals surface area contributed by atoms with Gasteiger partial charge in [-0.15, -0.1) is 0 Å². The predicted molar refractivity (Wildman–Crippen MR) is 148 cm³/mol. The van der Waals surface area contributed by atoms with Crippen LogP contribution in [0.25, 0.3) is 11.0 Å². The summed E-state index contributed by atoms with van der Waals surface area (Å²) in [6.45, 7) is 4.14. The number of rotatable bonds is 8. The minimum atomic E-state index is -0.306. The molecule has 2 aliphatic heterocycles. The zero-order chi connectivity index (χ0) is 27.1. The van der Waals surface area contributed by atoms with Crippen molar-refractivity contribution in [2.45, 2.75) is 32.6 Å². The van der Waals surface area contributed by atoms with Crippen LogP contribution in [0.15, 0.2) is 53.1 Å². The SMILES string of the molecule is COC(c1cc(Cl)c2c(c1Cl)C(=O)N(Cc1c(OCc3ccccc3)nc(C)c3ccoc13)CC2)C1COC1. The maximum atomic E-state index is 14.0. The van der Waals surface area contributed by atoms with E-state index < -0.39 is 0 Å². The van der Waals surface area contributed by atoms with E-state index in [1.807, 2.05) is 49.4 Å². The Morgan fingerprint density at radius 2 is 1.97 bits per heavy atom. The molecule has 4 aromatic rings. The van der Waals surface area contributed by atoms with Gasteiger partial charge in [0.2, 0.25) is 5.88 Å². The molecule has 202 valence electrons. The summed E-state index contributed by atoms with van der Waals surface area (Å²) in [6, 6.07) is 13.6. The molecule has 9 heteroatoms. The van der Waals surface area contributed by atoms with Crippen LogP contribution in [-0.4, -0.2) is 42.7 Å². The lowest BCUT2D eigenvalue weighted by Gasteiger charge is -2.35. The van der Waals surface area contributed by atoms with Crippen LogP contribution in [0.1, 0.15) is 44.4 Å². The number of methoxy groups -OCH3 is 1. The van der Waals surface area contributed by atoms with Crippen molar-refractivity contribution in [1.82, 2.24) is 9.88 Å². The molecule has 0 N–H and O–H groups in total. The number of amides is 1. The first-order valence-corrected chi connectivity index (χ1v) is 13.7. The highest BCUT2D eigenvalue weighted by atomic mass is 35.5. The second-order valence-corrected chi connectivity index (χ2v) is 10.7. The largest absolute Gasteiger partial charge is 0.472 e. The third kappa shape index (κ3) is 4.78. The molecule has 1 amide bonds. The smallest absolute Gasteiger partial charge is 0.256 e. The lowest BCUT2D eigenvalue weighted by atomic mass is 9.89. The van der Waals surface area contributed by atoms with Crippen molar-refractivity contribution in [2.75, 3.05) is 26.9 Å². The molecule has 6 rings (SSSR count). The number of hydrogen-bond donors (Lipinski definition) is 0. The molecule has 1 fully saturated rings. The lowest BCUT2D eigenvalue weighted by molar-refractivity contribution is -0.105.